The minimum Gasteiger partial charge on any atom is -0.361 e. The Hall–Kier alpha value is -1.81. The predicted molar refractivity (Wildman–Crippen MR) is 96.9 cm³/mol. The van der Waals surface area contributed by atoms with Crippen molar-refractivity contribution in [2.24, 2.45) is 5.92 Å². The van der Waals surface area contributed by atoms with E-state index in [1.165, 1.54) is 42.1 Å². The van der Waals surface area contributed by atoms with E-state index in [4.69, 9.17) is 0 Å². The quantitative estimate of drug-likeness (QED) is 0.740. The van der Waals surface area contributed by atoms with E-state index in [0.717, 1.165) is 31.7 Å². The van der Waals surface area contributed by atoms with Crippen molar-refractivity contribution >= 4 is 16.8 Å². The third-order valence-corrected chi connectivity index (χ3v) is 5.78. The van der Waals surface area contributed by atoms with Crippen LogP contribution < -0.4 is 10.6 Å². The maximum Gasteiger partial charge on any atom is 0.237 e. The predicted octanol–water partition coefficient (Wildman–Crippen LogP) is 3.14. The number of aromatic nitrogens is 1. The van der Waals surface area contributed by atoms with E-state index in [-0.39, 0.29) is 11.9 Å². The first-order valence-corrected chi connectivity index (χ1v) is 9.40. The molecule has 3 N–H and O–H groups in total. The number of H-pyrrole nitrogens is 1. The van der Waals surface area contributed by atoms with Crippen molar-refractivity contribution in [2.75, 3.05) is 6.54 Å². The van der Waals surface area contributed by atoms with E-state index in [1.54, 1.807) is 0 Å². The summed E-state index contributed by atoms with van der Waals surface area (Å²) in [5.41, 5.74) is 2.53. The molecule has 2 aliphatic rings. The van der Waals surface area contributed by atoms with Gasteiger partial charge in [0, 0.05) is 29.7 Å². The number of hydrogen-bond donors (Lipinski definition) is 3. The van der Waals surface area contributed by atoms with Crippen LogP contribution in [0.15, 0.2) is 30.5 Å². The smallest absolute Gasteiger partial charge is 0.237 e. The maximum absolute atomic E-state index is 12.4. The summed E-state index contributed by atoms with van der Waals surface area (Å²) in [6, 6.07) is 9.00. The van der Waals surface area contributed by atoms with Crippen LogP contribution in [0.2, 0.25) is 0 Å². The fraction of sp³-hybridized carbons (Fsp3) is 0.550. The summed E-state index contributed by atoms with van der Waals surface area (Å²) in [4.78, 5) is 15.7. The molecule has 0 radical (unpaired) electrons. The molecule has 1 aliphatic heterocycles. The van der Waals surface area contributed by atoms with Crippen molar-refractivity contribution in [3.63, 3.8) is 0 Å². The molecule has 2 aromatic rings. The van der Waals surface area contributed by atoms with Gasteiger partial charge in [-0.1, -0.05) is 31.0 Å². The highest BCUT2D eigenvalue weighted by Gasteiger charge is 2.37. The highest BCUT2D eigenvalue weighted by Crippen LogP contribution is 2.33. The second kappa shape index (κ2) is 6.98. The van der Waals surface area contributed by atoms with Crippen molar-refractivity contribution in [3.05, 3.63) is 36.0 Å². The zero-order valence-electron chi connectivity index (χ0n) is 14.2. The summed E-state index contributed by atoms with van der Waals surface area (Å²) in [5.74, 6) is 0.920. The van der Waals surface area contributed by atoms with Crippen LogP contribution >= 0.6 is 0 Å². The lowest BCUT2D eigenvalue weighted by Gasteiger charge is -2.24. The second-order valence-corrected chi connectivity index (χ2v) is 7.36. The molecule has 4 heteroatoms. The molecule has 2 heterocycles. The molecule has 1 aliphatic carbocycles. The summed E-state index contributed by atoms with van der Waals surface area (Å²) in [6.45, 7) is 0.756. The summed E-state index contributed by atoms with van der Waals surface area (Å²) in [5, 5.41) is 7.98. The number of para-hydroxylation sites is 1. The van der Waals surface area contributed by atoms with Crippen molar-refractivity contribution in [2.45, 2.75) is 57.0 Å². The van der Waals surface area contributed by atoms with E-state index in [0.29, 0.717) is 6.04 Å². The Morgan fingerprint density at radius 1 is 1.21 bits per heavy atom. The Bertz CT molecular complexity index is 694. The van der Waals surface area contributed by atoms with Crippen LogP contribution in [0.3, 0.4) is 0 Å². The summed E-state index contributed by atoms with van der Waals surface area (Å²) in [7, 11) is 0. The van der Waals surface area contributed by atoms with Gasteiger partial charge in [-0.15, -0.1) is 0 Å². The number of carbonyl (C=O) groups is 1. The van der Waals surface area contributed by atoms with Crippen molar-refractivity contribution in [3.8, 4) is 0 Å². The molecule has 4 rings (SSSR count). The van der Waals surface area contributed by atoms with Crippen LogP contribution in [-0.2, 0) is 11.2 Å². The van der Waals surface area contributed by atoms with E-state index in [2.05, 4.69) is 46.1 Å². The van der Waals surface area contributed by atoms with Crippen molar-refractivity contribution in [1.29, 1.82) is 0 Å². The fourth-order valence-electron chi connectivity index (χ4n) is 4.47. The molecule has 1 saturated carbocycles. The molecular weight excluding hydrogens is 298 g/mol. The first kappa shape index (κ1) is 15.7. The first-order valence-electron chi connectivity index (χ1n) is 9.40. The summed E-state index contributed by atoms with van der Waals surface area (Å²) >= 11 is 0. The summed E-state index contributed by atoms with van der Waals surface area (Å²) in [6.07, 6.45) is 10.3. The molecule has 1 aromatic heterocycles. The van der Waals surface area contributed by atoms with Crippen LogP contribution in [0.5, 0.6) is 0 Å². The lowest BCUT2D eigenvalue weighted by Crippen LogP contribution is -2.43. The maximum atomic E-state index is 12.4. The average molecular weight is 325 g/mol. The topological polar surface area (TPSA) is 56.9 Å². The number of aryl methyl sites for hydroxylation is 1. The number of hydrogen-bond acceptors (Lipinski definition) is 2. The lowest BCUT2D eigenvalue weighted by atomic mass is 9.85. The van der Waals surface area contributed by atoms with Gasteiger partial charge in [-0.2, -0.15) is 0 Å². The highest BCUT2D eigenvalue weighted by molar-refractivity contribution is 5.83. The molecule has 1 saturated heterocycles. The molecular formula is C20H27N3O. The van der Waals surface area contributed by atoms with Crippen LogP contribution in [0.1, 0.15) is 44.1 Å². The molecule has 3 unspecified atom stereocenters. The third-order valence-electron chi connectivity index (χ3n) is 5.78. The third kappa shape index (κ3) is 3.20. The van der Waals surface area contributed by atoms with Gasteiger partial charge in [-0.25, -0.2) is 0 Å². The van der Waals surface area contributed by atoms with Gasteiger partial charge in [0.2, 0.25) is 5.91 Å². The Morgan fingerprint density at radius 2 is 2.08 bits per heavy atom. The van der Waals surface area contributed by atoms with Gasteiger partial charge in [-0.05, 0) is 49.7 Å². The molecule has 1 amide bonds. The van der Waals surface area contributed by atoms with Crippen LogP contribution in [-0.4, -0.2) is 29.5 Å². The van der Waals surface area contributed by atoms with Gasteiger partial charge >= 0.3 is 0 Å². The number of aromatic amines is 1. The molecule has 3 atom stereocenters. The number of carbonyl (C=O) groups excluding carboxylic acids is 1. The zero-order chi connectivity index (χ0) is 16.4. The highest BCUT2D eigenvalue weighted by atomic mass is 16.2. The molecule has 128 valence electrons. The largest absolute Gasteiger partial charge is 0.361 e. The minimum atomic E-state index is 0.0335. The lowest BCUT2D eigenvalue weighted by molar-refractivity contribution is -0.122. The Labute approximate surface area is 143 Å². The monoisotopic (exact) mass is 325 g/mol. The van der Waals surface area contributed by atoms with Crippen LogP contribution in [0.4, 0.5) is 0 Å². The normalized spacial score (nSPS) is 26.4. The fourth-order valence-corrected chi connectivity index (χ4v) is 4.47. The Morgan fingerprint density at radius 3 is 3.00 bits per heavy atom. The van der Waals surface area contributed by atoms with Crippen molar-refractivity contribution < 1.29 is 4.79 Å². The van der Waals surface area contributed by atoms with Gasteiger partial charge in [-0.3, -0.25) is 4.79 Å². The van der Waals surface area contributed by atoms with Gasteiger partial charge in [0.1, 0.15) is 0 Å². The Balaban J connectivity index is 1.23. The van der Waals surface area contributed by atoms with Crippen molar-refractivity contribution in [1.82, 2.24) is 15.6 Å². The first-order chi connectivity index (χ1) is 11.8. The standard InChI is InChI=1S/C20H27N3O/c24-20(19-12-14-6-1-3-9-17(14)23-19)21-11-5-7-15-13-22-18-10-4-2-8-16(15)18/h2,4,8,10,13-14,17,19,22-23H,1,3,5-7,9,11-12H2,(H,21,24). The molecule has 0 bridgehead atoms. The van der Waals surface area contributed by atoms with E-state index < -0.39 is 0 Å². The molecule has 2 fully saturated rings. The summed E-state index contributed by atoms with van der Waals surface area (Å²) < 4.78 is 0. The molecule has 24 heavy (non-hydrogen) atoms. The number of amides is 1. The van der Waals surface area contributed by atoms with E-state index >= 15 is 0 Å². The number of nitrogens with one attached hydrogen (secondary N) is 3. The van der Waals surface area contributed by atoms with Gasteiger partial charge < -0.3 is 15.6 Å². The zero-order valence-corrected chi connectivity index (χ0v) is 14.2. The van der Waals surface area contributed by atoms with E-state index in [1.807, 2.05) is 0 Å². The average Bonchev–Trinajstić information content (AvgIpc) is 3.23. The van der Waals surface area contributed by atoms with Crippen LogP contribution in [0.25, 0.3) is 10.9 Å². The minimum absolute atomic E-state index is 0.0335. The van der Waals surface area contributed by atoms with Gasteiger partial charge in [0.15, 0.2) is 0 Å². The molecule has 0 spiro atoms. The SMILES string of the molecule is O=C(NCCCc1c[nH]c2ccccc12)C1CC2CCCCC2N1. The number of rotatable bonds is 5. The number of fused-ring (bicyclic) bond motifs is 2. The van der Waals surface area contributed by atoms with Gasteiger partial charge in [0.25, 0.3) is 0 Å². The Kier molecular flexibility index (Phi) is 4.56. The van der Waals surface area contributed by atoms with E-state index in [9.17, 15) is 4.79 Å². The second-order valence-electron chi connectivity index (χ2n) is 7.36. The molecule has 1 aromatic carbocycles. The van der Waals surface area contributed by atoms with Gasteiger partial charge in [0.05, 0.1) is 6.04 Å². The molecule has 4 nitrogen and oxygen atoms in total. The number of benzene rings is 1. The van der Waals surface area contributed by atoms with Crippen LogP contribution in [0, 0.1) is 5.92 Å².